The third-order valence-electron chi connectivity index (χ3n) is 2.58. The summed E-state index contributed by atoms with van der Waals surface area (Å²) < 4.78 is 7.38. The molecule has 0 unspecified atom stereocenters. The molecule has 1 heterocycles. The smallest absolute Gasteiger partial charge is 0.378 e. The van der Waals surface area contributed by atoms with Crippen molar-refractivity contribution in [2.75, 3.05) is 6.61 Å². The van der Waals surface area contributed by atoms with Crippen LogP contribution < -0.4 is 0 Å². The molecule has 0 saturated carbocycles. The van der Waals surface area contributed by atoms with Gasteiger partial charge in [0.1, 0.15) is 0 Å². The molecule has 5 nitrogen and oxygen atoms in total. The minimum atomic E-state index is -0.506. The lowest BCUT2D eigenvalue weighted by molar-refractivity contribution is 0.0512. The number of aryl methyl sites for hydroxylation is 2. The van der Waals surface area contributed by atoms with Gasteiger partial charge in [-0.05, 0) is 26.0 Å². The summed E-state index contributed by atoms with van der Waals surface area (Å²) in [6.07, 6.45) is 0. The summed E-state index contributed by atoms with van der Waals surface area (Å²) in [6, 6.07) is 5.93. The molecule has 0 bridgehead atoms. The first-order valence-electron chi connectivity index (χ1n) is 5.87. The van der Waals surface area contributed by atoms with Crippen LogP contribution in [0.5, 0.6) is 0 Å². The second kappa shape index (κ2) is 5.52. The van der Waals surface area contributed by atoms with Crippen molar-refractivity contribution in [1.29, 1.82) is 0 Å². The summed E-state index contributed by atoms with van der Waals surface area (Å²) >= 11 is 3.48. The summed E-state index contributed by atoms with van der Waals surface area (Å²) in [4.78, 5) is 15.9. The minimum Gasteiger partial charge on any atom is -0.460 e. The van der Waals surface area contributed by atoms with E-state index in [2.05, 4.69) is 26.0 Å². The van der Waals surface area contributed by atoms with Crippen LogP contribution in [0.15, 0.2) is 22.7 Å². The summed E-state index contributed by atoms with van der Waals surface area (Å²) in [6.45, 7) is 4.05. The molecule has 100 valence electrons. The third-order valence-corrected chi connectivity index (χ3v) is 3.28. The van der Waals surface area contributed by atoms with E-state index in [0.717, 1.165) is 15.6 Å². The second-order valence-corrected chi connectivity index (χ2v) is 4.94. The van der Waals surface area contributed by atoms with Crippen molar-refractivity contribution in [2.24, 2.45) is 7.05 Å². The van der Waals surface area contributed by atoms with Crippen LogP contribution in [0.1, 0.15) is 23.1 Å². The van der Waals surface area contributed by atoms with Crippen LogP contribution >= 0.6 is 15.9 Å². The number of carbonyl (C=O) groups is 1. The second-order valence-electron chi connectivity index (χ2n) is 4.09. The minimum absolute atomic E-state index is 0.0766. The summed E-state index contributed by atoms with van der Waals surface area (Å²) in [5.41, 5.74) is 2.00. The Morgan fingerprint density at radius 3 is 2.89 bits per heavy atom. The quantitative estimate of drug-likeness (QED) is 0.815. The van der Waals surface area contributed by atoms with E-state index in [0.29, 0.717) is 12.4 Å². The first-order chi connectivity index (χ1) is 9.02. The molecule has 0 N–H and O–H groups in total. The highest BCUT2D eigenvalue weighted by Crippen LogP contribution is 2.27. The van der Waals surface area contributed by atoms with Crippen molar-refractivity contribution in [3.05, 3.63) is 34.1 Å². The van der Waals surface area contributed by atoms with Gasteiger partial charge in [0.15, 0.2) is 5.82 Å². The molecule has 19 heavy (non-hydrogen) atoms. The van der Waals surface area contributed by atoms with E-state index in [-0.39, 0.29) is 5.82 Å². The highest BCUT2D eigenvalue weighted by molar-refractivity contribution is 9.10. The average Bonchev–Trinajstić information content (AvgIpc) is 2.75. The first-order valence-corrected chi connectivity index (χ1v) is 6.67. The zero-order valence-electron chi connectivity index (χ0n) is 11.0. The maximum Gasteiger partial charge on any atom is 0.378 e. The lowest BCUT2D eigenvalue weighted by atomic mass is 10.1. The molecule has 0 saturated heterocycles. The number of benzene rings is 1. The molecule has 1 aromatic carbocycles. The van der Waals surface area contributed by atoms with Crippen molar-refractivity contribution in [2.45, 2.75) is 13.8 Å². The standard InChI is InChI=1S/C13H14BrN3O2/c1-4-19-13(18)11-15-12(17(3)16-11)9-7-8(2)5-6-10(9)14/h5-7H,4H2,1-3H3. The van der Waals surface area contributed by atoms with Gasteiger partial charge in [-0.2, -0.15) is 0 Å². The van der Waals surface area contributed by atoms with Gasteiger partial charge in [-0.15, -0.1) is 5.10 Å². The van der Waals surface area contributed by atoms with Gasteiger partial charge in [0.05, 0.1) is 6.61 Å². The maximum atomic E-state index is 11.6. The molecule has 6 heteroatoms. The number of rotatable bonds is 3. The lowest BCUT2D eigenvalue weighted by Crippen LogP contribution is -2.07. The Balaban J connectivity index is 2.46. The Morgan fingerprint density at radius 1 is 1.47 bits per heavy atom. The molecule has 0 fully saturated rings. The first kappa shape index (κ1) is 13.7. The fourth-order valence-corrected chi connectivity index (χ4v) is 2.14. The van der Waals surface area contributed by atoms with Gasteiger partial charge in [-0.25, -0.2) is 14.5 Å². The van der Waals surface area contributed by atoms with E-state index in [4.69, 9.17) is 4.74 Å². The van der Waals surface area contributed by atoms with E-state index >= 15 is 0 Å². The summed E-state index contributed by atoms with van der Waals surface area (Å²) in [5, 5.41) is 4.09. The predicted molar refractivity (Wildman–Crippen MR) is 74.8 cm³/mol. The number of carbonyl (C=O) groups excluding carboxylic acids is 1. The average molecular weight is 324 g/mol. The van der Waals surface area contributed by atoms with E-state index in [1.807, 2.05) is 25.1 Å². The molecule has 0 aliphatic rings. The van der Waals surface area contributed by atoms with Crippen LogP contribution in [0.2, 0.25) is 0 Å². The Bertz CT molecular complexity index is 622. The normalized spacial score (nSPS) is 10.5. The topological polar surface area (TPSA) is 57.0 Å². The number of hydrogen-bond acceptors (Lipinski definition) is 4. The number of aromatic nitrogens is 3. The molecule has 2 rings (SSSR count). The van der Waals surface area contributed by atoms with Gasteiger partial charge >= 0.3 is 5.97 Å². The molecular formula is C13H14BrN3O2. The fraction of sp³-hybridized carbons (Fsp3) is 0.308. The van der Waals surface area contributed by atoms with Crippen molar-refractivity contribution < 1.29 is 9.53 Å². The van der Waals surface area contributed by atoms with Crippen LogP contribution in [0.25, 0.3) is 11.4 Å². The maximum absolute atomic E-state index is 11.6. The van der Waals surface area contributed by atoms with Gasteiger partial charge in [-0.1, -0.05) is 27.6 Å². The number of nitrogens with zero attached hydrogens (tertiary/aromatic N) is 3. The molecule has 0 aliphatic carbocycles. The van der Waals surface area contributed by atoms with Crippen molar-refractivity contribution in [3.8, 4) is 11.4 Å². The van der Waals surface area contributed by atoms with E-state index in [1.54, 1.807) is 18.7 Å². The van der Waals surface area contributed by atoms with Crippen LogP contribution in [-0.2, 0) is 11.8 Å². The molecule has 0 radical (unpaired) electrons. The number of hydrogen-bond donors (Lipinski definition) is 0. The largest absolute Gasteiger partial charge is 0.460 e. The van der Waals surface area contributed by atoms with Crippen molar-refractivity contribution >= 4 is 21.9 Å². The Kier molecular flexibility index (Phi) is 3.99. The molecule has 0 spiro atoms. The molecule has 1 aromatic heterocycles. The Hall–Kier alpha value is -1.69. The van der Waals surface area contributed by atoms with Gasteiger partial charge in [0, 0.05) is 17.1 Å². The highest BCUT2D eigenvalue weighted by atomic mass is 79.9. The third kappa shape index (κ3) is 2.84. The van der Waals surface area contributed by atoms with Gasteiger partial charge in [0.25, 0.3) is 5.82 Å². The van der Waals surface area contributed by atoms with Crippen LogP contribution in [0.3, 0.4) is 0 Å². The van der Waals surface area contributed by atoms with Gasteiger partial charge < -0.3 is 4.74 Å². The molecular weight excluding hydrogens is 310 g/mol. The van der Waals surface area contributed by atoms with E-state index < -0.39 is 5.97 Å². The van der Waals surface area contributed by atoms with Crippen LogP contribution in [-0.4, -0.2) is 27.3 Å². The molecule has 0 aliphatic heterocycles. The van der Waals surface area contributed by atoms with Gasteiger partial charge in [-0.3, -0.25) is 0 Å². The monoisotopic (exact) mass is 323 g/mol. The van der Waals surface area contributed by atoms with E-state index in [9.17, 15) is 4.79 Å². The zero-order chi connectivity index (χ0) is 14.0. The van der Waals surface area contributed by atoms with Crippen LogP contribution in [0.4, 0.5) is 0 Å². The number of esters is 1. The molecule has 2 aromatic rings. The fourth-order valence-electron chi connectivity index (χ4n) is 1.71. The highest BCUT2D eigenvalue weighted by Gasteiger charge is 2.18. The van der Waals surface area contributed by atoms with Crippen molar-refractivity contribution in [3.63, 3.8) is 0 Å². The molecule has 0 amide bonds. The van der Waals surface area contributed by atoms with Crippen LogP contribution in [0, 0.1) is 6.92 Å². The van der Waals surface area contributed by atoms with Crippen molar-refractivity contribution in [1.82, 2.24) is 14.8 Å². The molecule has 0 atom stereocenters. The number of ether oxygens (including phenoxy) is 1. The summed E-state index contributed by atoms with van der Waals surface area (Å²) in [7, 11) is 1.75. The van der Waals surface area contributed by atoms with Gasteiger partial charge in [0.2, 0.25) is 0 Å². The zero-order valence-corrected chi connectivity index (χ0v) is 12.6. The Labute approximate surface area is 119 Å². The number of halogens is 1. The summed E-state index contributed by atoms with van der Waals surface area (Å²) in [5.74, 6) is 0.194. The SMILES string of the molecule is CCOC(=O)c1nc(-c2cc(C)ccc2Br)n(C)n1. The lowest BCUT2D eigenvalue weighted by Gasteiger charge is -2.04. The van der Waals surface area contributed by atoms with E-state index in [1.165, 1.54) is 0 Å². The predicted octanol–water partition coefficient (Wildman–Crippen LogP) is 2.73. The Morgan fingerprint density at radius 2 is 2.21 bits per heavy atom.